The highest BCUT2D eigenvalue weighted by Crippen LogP contribution is 2.40. The number of carbonyl (C=O) groups excluding carboxylic acids is 4. The van der Waals surface area contributed by atoms with E-state index in [0.717, 1.165) is 57.8 Å². The molecule has 7 rings (SSSR count). The van der Waals surface area contributed by atoms with Crippen molar-refractivity contribution in [2.24, 2.45) is 20.5 Å². The number of nitriles is 1. The number of anilines is 2. The summed E-state index contributed by atoms with van der Waals surface area (Å²) in [6.07, 6.45) is 14.5. The maximum atomic E-state index is 13.6. The minimum absolute atomic E-state index is 0.000340. The Labute approximate surface area is 566 Å². The molecule has 5 aromatic heterocycles. The first kappa shape index (κ1) is 74.1. The van der Waals surface area contributed by atoms with Gasteiger partial charge in [0, 0.05) is 0 Å². The van der Waals surface area contributed by atoms with Crippen molar-refractivity contribution in [2.45, 2.75) is 204 Å². The van der Waals surface area contributed by atoms with Crippen LogP contribution in [0.25, 0.3) is 28.1 Å². The lowest BCUT2D eigenvalue weighted by atomic mass is 10.1. The highest BCUT2D eigenvalue weighted by molar-refractivity contribution is 5.97. The van der Waals surface area contributed by atoms with Gasteiger partial charge in [-0.05, 0) is 120 Å². The first-order valence-corrected chi connectivity index (χ1v) is 34.1. The van der Waals surface area contributed by atoms with E-state index in [9.17, 15) is 24.4 Å². The number of azo groups is 2. The van der Waals surface area contributed by atoms with Crippen molar-refractivity contribution in [1.29, 1.82) is 5.26 Å². The van der Waals surface area contributed by atoms with Gasteiger partial charge in [0.25, 0.3) is 17.6 Å². The summed E-state index contributed by atoms with van der Waals surface area (Å²) in [5, 5.41) is 49.4. The average molecular weight is 1330 g/mol. The van der Waals surface area contributed by atoms with Crippen LogP contribution in [0.2, 0.25) is 0 Å². The number of hydrogen-bond donors (Lipinski definition) is 2. The number of nitrogens with two attached hydrogens (primary N) is 2. The Morgan fingerprint density at radius 3 is 1.18 bits per heavy atom. The second-order valence-corrected chi connectivity index (χ2v) is 23.2. The number of aromatic nitrogens is 11. The summed E-state index contributed by atoms with van der Waals surface area (Å²) in [6.45, 7) is 27.4. The number of unbranched alkanes of at least 4 members (excludes halogenated alkanes) is 9. The van der Waals surface area contributed by atoms with E-state index in [-0.39, 0.29) is 130 Å². The fourth-order valence-electron chi connectivity index (χ4n) is 9.79. The van der Waals surface area contributed by atoms with E-state index in [1.807, 2.05) is 62.3 Å². The standard InChI is InChI=1S/C69H91N19O9/c1-11-20-29-52-51(44-70)61(85(81-52)49-40-45(63(89)93-33-24-15-5)38-46(41-49)64(90)94-34-25-16-6)79-77-56-53(30-21-12-2)83-87(59(56)71)67-74-68(76-69(75-67)97-37-28-19-9)88-60(72)57(54(84-88)31-22-13-3)78-80-62-58(73-10)55(32-23-14-4)82-86(62)50-42-47(65(91)95-35-26-17-7)39-48(43-50)66(92)96-36-27-18-8/h38-43H,11-37,71-72H2,1-9H3. The maximum absolute atomic E-state index is 13.6. The fraction of sp³-hybridized carbons (Fsp3) is 0.522. The molecule has 0 radical (unpaired) electrons. The van der Waals surface area contributed by atoms with Gasteiger partial charge in [-0.2, -0.15) is 50.0 Å². The first-order chi connectivity index (χ1) is 47.1. The zero-order valence-electron chi connectivity index (χ0n) is 57.5. The molecule has 0 unspecified atom stereocenters. The number of rotatable bonds is 40. The van der Waals surface area contributed by atoms with Crippen LogP contribution >= 0.6 is 0 Å². The molecule has 0 aliphatic heterocycles. The van der Waals surface area contributed by atoms with Crippen LogP contribution in [-0.4, -0.2) is 111 Å². The molecule has 7 aromatic rings. The van der Waals surface area contributed by atoms with E-state index < -0.39 is 23.9 Å². The molecule has 0 saturated heterocycles. The Bertz CT molecular complexity index is 3650. The highest BCUT2D eigenvalue weighted by atomic mass is 16.5. The van der Waals surface area contributed by atoms with Crippen LogP contribution in [0, 0.1) is 17.9 Å². The summed E-state index contributed by atoms with van der Waals surface area (Å²) in [5.41, 5.74) is 17.1. The van der Waals surface area contributed by atoms with Crippen LogP contribution in [-0.2, 0) is 44.6 Å². The fourth-order valence-corrected chi connectivity index (χ4v) is 9.79. The molecule has 0 fully saturated rings. The number of nitrogens with zero attached hydrogens (tertiary/aromatic N) is 17. The van der Waals surface area contributed by atoms with Gasteiger partial charge in [0.05, 0.1) is 96.0 Å². The third kappa shape index (κ3) is 19.3. The Balaban J connectivity index is 1.39. The number of carbonyl (C=O) groups is 4. The third-order valence-electron chi connectivity index (χ3n) is 15.4. The monoisotopic (exact) mass is 1330 g/mol. The van der Waals surface area contributed by atoms with Crippen LogP contribution in [0.1, 0.15) is 248 Å². The SMILES string of the molecule is [C-]#[N+]c1c(CCCC)nn(-c2cc(C(=O)OCCCC)cc(C(=O)OCCCC)c2)c1N=Nc1c(CCCC)nn(-c2nc(OCCCC)nc(-n3nc(CCCC)c(N=Nc4c(C#N)c(CCCC)nn4-c4cc(C(=O)OCCCC)cc(C(=O)OCCCC)c4)c3N)n2)c1N. The molecule has 0 aliphatic carbocycles. The largest absolute Gasteiger partial charge is 0.463 e. The summed E-state index contributed by atoms with van der Waals surface area (Å²) in [6, 6.07) is 11.1. The minimum Gasteiger partial charge on any atom is -0.463 e. The van der Waals surface area contributed by atoms with Gasteiger partial charge in [-0.1, -0.05) is 120 Å². The van der Waals surface area contributed by atoms with E-state index in [4.69, 9.17) is 97.5 Å². The van der Waals surface area contributed by atoms with Gasteiger partial charge >= 0.3 is 29.9 Å². The van der Waals surface area contributed by atoms with Crippen molar-refractivity contribution in [3.8, 4) is 35.4 Å². The lowest BCUT2D eigenvalue weighted by Crippen LogP contribution is -2.15. The first-order valence-electron chi connectivity index (χ1n) is 34.1. The molecule has 4 N–H and O–H groups in total. The zero-order chi connectivity index (χ0) is 69.8. The molecule has 28 nitrogen and oxygen atoms in total. The molecule has 2 aromatic carbocycles. The van der Waals surface area contributed by atoms with Crippen LogP contribution in [0.4, 0.5) is 40.3 Å². The average Bonchev–Trinajstić information content (AvgIpc) is 1.63. The van der Waals surface area contributed by atoms with E-state index in [1.165, 1.54) is 55.1 Å². The predicted octanol–water partition coefficient (Wildman–Crippen LogP) is 15.4. The second kappa shape index (κ2) is 37.7. The maximum Gasteiger partial charge on any atom is 0.338 e. The number of benzene rings is 2. The number of aryl methyl sites for hydroxylation is 4. The van der Waals surface area contributed by atoms with E-state index >= 15 is 0 Å². The summed E-state index contributed by atoms with van der Waals surface area (Å²) < 4.78 is 33.9. The number of esters is 4. The zero-order valence-corrected chi connectivity index (χ0v) is 57.5. The molecule has 0 bridgehead atoms. The van der Waals surface area contributed by atoms with Crippen molar-refractivity contribution in [1.82, 2.24) is 54.1 Å². The van der Waals surface area contributed by atoms with Crippen molar-refractivity contribution < 1.29 is 42.9 Å². The molecule has 28 heteroatoms. The minimum atomic E-state index is -0.659. The van der Waals surface area contributed by atoms with Crippen LogP contribution < -0.4 is 16.2 Å². The van der Waals surface area contributed by atoms with Gasteiger partial charge in [0.15, 0.2) is 34.6 Å². The molecule has 97 heavy (non-hydrogen) atoms. The molecule has 0 saturated carbocycles. The molecular weight excluding hydrogens is 1240 g/mol. The van der Waals surface area contributed by atoms with Crippen LogP contribution in [0.15, 0.2) is 56.9 Å². The van der Waals surface area contributed by atoms with E-state index in [2.05, 4.69) is 10.9 Å². The topological polar surface area (TPSA) is 354 Å². The van der Waals surface area contributed by atoms with Crippen molar-refractivity contribution in [3.05, 3.63) is 98.4 Å². The summed E-state index contributed by atoms with van der Waals surface area (Å²) >= 11 is 0. The Morgan fingerprint density at radius 1 is 0.454 bits per heavy atom. The van der Waals surface area contributed by atoms with Gasteiger partial charge in [-0.15, -0.1) is 20.5 Å². The molecule has 5 heterocycles. The molecule has 516 valence electrons. The van der Waals surface area contributed by atoms with E-state index in [0.29, 0.717) is 106 Å². The van der Waals surface area contributed by atoms with Crippen LogP contribution in [0.5, 0.6) is 6.01 Å². The lowest BCUT2D eigenvalue weighted by molar-refractivity contribution is 0.0479. The Kier molecular flexibility index (Phi) is 28.8. The van der Waals surface area contributed by atoms with Gasteiger partial charge < -0.3 is 35.2 Å². The Morgan fingerprint density at radius 2 is 0.794 bits per heavy atom. The molecule has 0 amide bonds. The highest BCUT2D eigenvalue weighted by Gasteiger charge is 2.29. The predicted molar refractivity (Wildman–Crippen MR) is 365 cm³/mol. The van der Waals surface area contributed by atoms with Gasteiger partial charge in [0.2, 0.25) is 0 Å². The van der Waals surface area contributed by atoms with E-state index in [1.54, 1.807) is 0 Å². The Hall–Kier alpha value is -10.2. The second-order valence-electron chi connectivity index (χ2n) is 23.2. The summed E-state index contributed by atoms with van der Waals surface area (Å²) in [5.74, 6) is -2.94. The molecule has 0 atom stereocenters. The number of nitrogen functional groups attached to an aromatic ring is 2. The third-order valence-corrected chi connectivity index (χ3v) is 15.4. The lowest BCUT2D eigenvalue weighted by Gasteiger charge is -2.11. The van der Waals surface area contributed by atoms with Crippen molar-refractivity contribution in [2.75, 3.05) is 44.5 Å². The summed E-state index contributed by atoms with van der Waals surface area (Å²) in [4.78, 5) is 72.7. The molecular formula is C69H91N19O9. The van der Waals surface area contributed by atoms with Gasteiger partial charge in [-0.3, -0.25) is 0 Å². The number of hydrogen-bond acceptors (Lipinski definition) is 23. The molecule has 0 aliphatic rings. The molecule has 0 spiro atoms. The normalized spacial score (nSPS) is 11.4. The van der Waals surface area contributed by atoms with Crippen LogP contribution in [0.3, 0.4) is 0 Å². The van der Waals surface area contributed by atoms with Crippen molar-refractivity contribution >= 4 is 64.2 Å². The number of ether oxygens (including phenoxy) is 5. The smallest absolute Gasteiger partial charge is 0.338 e. The summed E-state index contributed by atoms with van der Waals surface area (Å²) in [7, 11) is 0. The van der Waals surface area contributed by atoms with Gasteiger partial charge in [-0.25, -0.2) is 33.4 Å². The van der Waals surface area contributed by atoms with Crippen molar-refractivity contribution in [3.63, 3.8) is 0 Å². The van der Waals surface area contributed by atoms with Gasteiger partial charge in [0.1, 0.15) is 11.6 Å². The quantitative estimate of drug-likeness (QED) is 0.0118.